The number of hydrogen-bond acceptors (Lipinski definition) is 4. The van der Waals surface area contributed by atoms with Crippen LogP contribution in [-0.2, 0) is 15.8 Å². The van der Waals surface area contributed by atoms with Crippen LogP contribution in [0.3, 0.4) is 0 Å². The molecule has 3 rings (SSSR count). The lowest BCUT2D eigenvalue weighted by molar-refractivity contribution is 0.0956. The number of amides is 1. The van der Waals surface area contributed by atoms with Crippen LogP contribution in [0, 0.1) is 13.8 Å². The number of carbonyl (C=O) groups is 1. The molecule has 3 aromatic rings. The van der Waals surface area contributed by atoms with Gasteiger partial charge in [0.2, 0.25) is 0 Å². The molecular weight excluding hydrogens is 535 g/mol. The number of sulfonamides is 1. The largest absolute Gasteiger partial charge is 0.351 e. The lowest BCUT2D eigenvalue weighted by Gasteiger charge is -2.12. The highest BCUT2D eigenvalue weighted by molar-refractivity contribution is 7.98. The maximum Gasteiger partial charge on any atom is 0.263 e. The van der Waals surface area contributed by atoms with Gasteiger partial charge in [0.25, 0.3) is 15.9 Å². The maximum absolute atomic E-state index is 13.0. The number of thioether (sulfide) groups is 1. The molecule has 0 atom stereocenters. The predicted octanol–water partition coefficient (Wildman–Crippen LogP) is 6.73. The molecule has 1 amide bonds. The van der Waals surface area contributed by atoms with Crippen molar-refractivity contribution in [3.63, 3.8) is 0 Å². The number of rotatable bonds is 9. The fourth-order valence-corrected chi connectivity index (χ4v) is 5.95. The molecule has 0 aliphatic rings. The molecule has 0 aromatic heterocycles. The van der Waals surface area contributed by atoms with Crippen molar-refractivity contribution in [1.29, 1.82) is 0 Å². The SMILES string of the molecule is Cc1cc(C)cc(NS(=O)(=O)c2cc(C(=O)NCCSCc3ccc(Cl)c(Cl)c3)ccc2Cl)c1. The van der Waals surface area contributed by atoms with Crippen molar-refractivity contribution in [2.45, 2.75) is 24.5 Å². The molecule has 0 spiro atoms. The van der Waals surface area contributed by atoms with Crippen LogP contribution >= 0.6 is 46.6 Å². The lowest BCUT2D eigenvalue weighted by atomic mass is 10.1. The lowest BCUT2D eigenvalue weighted by Crippen LogP contribution is -2.26. The molecule has 0 bridgehead atoms. The van der Waals surface area contributed by atoms with Gasteiger partial charge in [-0.2, -0.15) is 11.8 Å². The topological polar surface area (TPSA) is 75.3 Å². The number of benzene rings is 3. The van der Waals surface area contributed by atoms with Crippen molar-refractivity contribution >= 4 is 68.2 Å². The first-order valence-corrected chi connectivity index (χ1v) is 14.0. The first kappa shape index (κ1) is 26.7. The van der Waals surface area contributed by atoms with Gasteiger partial charge in [0.05, 0.1) is 15.1 Å². The molecule has 0 unspecified atom stereocenters. The Morgan fingerprint density at radius 2 is 1.56 bits per heavy atom. The third-order valence-corrected chi connectivity index (χ3v) is 8.37. The second-order valence-electron chi connectivity index (χ2n) is 7.68. The smallest absolute Gasteiger partial charge is 0.263 e. The minimum Gasteiger partial charge on any atom is -0.351 e. The van der Waals surface area contributed by atoms with Crippen molar-refractivity contribution in [1.82, 2.24) is 5.32 Å². The van der Waals surface area contributed by atoms with Crippen molar-refractivity contribution < 1.29 is 13.2 Å². The van der Waals surface area contributed by atoms with Crippen molar-refractivity contribution in [3.05, 3.63) is 91.9 Å². The highest BCUT2D eigenvalue weighted by atomic mass is 35.5. The molecule has 3 aromatic carbocycles. The van der Waals surface area contributed by atoms with Crippen LogP contribution in [0.1, 0.15) is 27.0 Å². The van der Waals surface area contributed by atoms with Crippen LogP contribution in [0.5, 0.6) is 0 Å². The van der Waals surface area contributed by atoms with E-state index < -0.39 is 10.0 Å². The summed E-state index contributed by atoms with van der Waals surface area (Å²) in [5.74, 6) is 1.01. The summed E-state index contributed by atoms with van der Waals surface area (Å²) in [6.07, 6.45) is 0. The Morgan fingerprint density at radius 3 is 2.24 bits per heavy atom. The molecule has 0 heterocycles. The quantitative estimate of drug-likeness (QED) is 0.286. The second-order valence-corrected chi connectivity index (χ2v) is 11.7. The summed E-state index contributed by atoms with van der Waals surface area (Å²) < 4.78 is 28.4. The highest BCUT2D eigenvalue weighted by Crippen LogP contribution is 2.27. The summed E-state index contributed by atoms with van der Waals surface area (Å²) in [4.78, 5) is 12.4. The molecular formula is C24H23Cl3N2O3S2. The molecule has 0 saturated carbocycles. The van der Waals surface area contributed by atoms with E-state index in [0.717, 1.165) is 22.4 Å². The number of anilines is 1. The number of hydrogen-bond donors (Lipinski definition) is 2. The molecule has 0 saturated heterocycles. The Labute approximate surface area is 219 Å². The number of aryl methyl sites for hydroxylation is 2. The molecule has 2 N–H and O–H groups in total. The number of nitrogens with one attached hydrogen (secondary N) is 2. The predicted molar refractivity (Wildman–Crippen MR) is 143 cm³/mol. The third-order valence-electron chi connectivity index (χ3n) is 4.74. The van der Waals surface area contributed by atoms with E-state index in [1.807, 2.05) is 32.0 Å². The van der Waals surface area contributed by atoms with Crippen LogP contribution in [0.25, 0.3) is 0 Å². The van der Waals surface area contributed by atoms with Crippen LogP contribution in [0.15, 0.2) is 59.5 Å². The van der Waals surface area contributed by atoms with Gasteiger partial charge in [-0.25, -0.2) is 8.42 Å². The zero-order valence-electron chi connectivity index (χ0n) is 18.5. The zero-order valence-corrected chi connectivity index (χ0v) is 22.4. The van der Waals surface area contributed by atoms with Gasteiger partial charge in [0, 0.05) is 29.3 Å². The van der Waals surface area contributed by atoms with E-state index in [1.54, 1.807) is 30.0 Å². The van der Waals surface area contributed by atoms with Gasteiger partial charge >= 0.3 is 0 Å². The normalized spacial score (nSPS) is 11.3. The molecule has 5 nitrogen and oxygen atoms in total. The van der Waals surface area contributed by atoms with E-state index in [4.69, 9.17) is 34.8 Å². The van der Waals surface area contributed by atoms with Gasteiger partial charge in [-0.3, -0.25) is 9.52 Å². The molecule has 10 heteroatoms. The average molecular weight is 558 g/mol. The van der Waals surface area contributed by atoms with Gasteiger partial charge in [-0.1, -0.05) is 46.9 Å². The average Bonchev–Trinajstić information content (AvgIpc) is 2.75. The van der Waals surface area contributed by atoms with Crippen molar-refractivity contribution in [3.8, 4) is 0 Å². The van der Waals surface area contributed by atoms with E-state index in [1.165, 1.54) is 18.2 Å². The fraction of sp³-hybridized carbons (Fsp3) is 0.208. The Balaban J connectivity index is 1.60. The second kappa shape index (κ2) is 11.7. The van der Waals surface area contributed by atoms with E-state index in [9.17, 15) is 13.2 Å². The third kappa shape index (κ3) is 7.30. The highest BCUT2D eigenvalue weighted by Gasteiger charge is 2.20. The zero-order chi connectivity index (χ0) is 24.9. The van der Waals surface area contributed by atoms with Gasteiger partial charge in [0.15, 0.2) is 0 Å². The van der Waals surface area contributed by atoms with Gasteiger partial charge in [-0.05, 0) is 73.0 Å². The van der Waals surface area contributed by atoms with E-state index in [2.05, 4.69) is 10.0 Å². The van der Waals surface area contributed by atoms with E-state index >= 15 is 0 Å². The summed E-state index contributed by atoms with van der Waals surface area (Å²) in [5, 5.41) is 3.85. The summed E-state index contributed by atoms with van der Waals surface area (Å²) in [6.45, 7) is 4.17. The molecule has 0 aliphatic heterocycles. The van der Waals surface area contributed by atoms with Gasteiger partial charge in [0.1, 0.15) is 4.90 Å². The first-order valence-electron chi connectivity index (χ1n) is 10.3. The van der Waals surface area contributed by atoms with Crippen LogP contribution < -0.4 is 10.0 Å². The van der Waals surface area contributed by atoms with Crippen LogP contribution in [0.4, 0.5) is 5.69 Å². The maximum atomic E-state index is 13.0. The standard InChI is InChI=1S/C24H23Cl3N2O3S2/c1-15-9-16(2)11-19(10-15)29-34(31,32)23-13-18(4-6-21(23)26)24(30)28-7-8-33-14-17-3-5-20(25)22(27)12-17/h3-6,9-13,29H,7-8,14H2,1-2H3,(H,28,30). The monoisotopic (exact) mass is 556 g/mol. The molecule has 180 valence electrons. The Hall–Kier alpha value is -1.90. The number of halogens is 3. The molecule has 0 fully saturated rings. The Kier molecular flexibility index (Phi) is 9.18. The van der Waals surface area contributed by atoms with E-state index in [-0.39, 0.29) is 21.4 Å². The minimum absolute atomic E-state index is 0.0330. The number of carbonyl (C=O) groups excluding carboxylic acids is 1. The molecule has 0 aliphatic carbocycles. The summed E-state index contributed by atoms with van der Waals surface area (Å²) in [7, 11) is -3.99. The Morgan fingerprint density at radius 1 is 0.882 bits per heavy atom. The summed E-state index contributed by atoms with van der Waals surface area (Å²) in [6, 6.07) is 15.1. The molecule has 34 heavy (non-hydrogen) atoms. The molecule has 0 radical (unpaired) electrons. The van der Waals surface area contributed by atoms with Gasteiger partial charge < -0.3 is 5.32 Å². The summed E-state index contributed by atoms with van der Waals surface area (Å²) in [5.41, 5.74) is 3.53. The van der Waals surface area contributed by atoms with Crippen molar-refractivity contribution in [2.75, 3.05) is 17.0 Å². The summed E-state index contributed by atoms with van der Waals surface area (Å²) >= 11 is 19.7. The van der Waals surface area contributed by atoms with Crippen LogP contribution in [-0.4, -0.2) is 26.6 Å². The van der Waals surface area contributed by atoms with Crippen molar-refractivity contribution in [2.24, 2.45) is 0 Å². The minimum atomic E-state index is -3.99. The van der Waals surface area contributed by atoms with Gasteiger partial charge in [-0.15, -0.1) is 0 Å². The van der Waals surface area contributed by atoms with Crippen LogP contribution in [0.2, 0.25) is 15.1 Å². The first-order chi connectivity index (χ1) is 16.0. The fourth-order valence-electron chi connectivity index (χ4n) is 3.25. The Bertz CT molecular complexity index is 1290. The van der Waals surface area contributed by atoms with E-state index in [0.29, 0.717) is 28.0 Å².